The first kappa shape index (κ1) is 25.4. The lowest BCUT2D eigenvalue weighted by Crippen LogP contribution is -2.52. The van der Waals surface area contributed by atoms with E-state index >= 15 is 0 Å². The fourth-order valence-corrected chi connectivity index (χ4v) is 4.76. The highest BCUT2D eigenvalue weighted by Crippen LogP contribution is 2.45. The maximum Gasteiger partial charge on any atom is 0.409 e. The van der Waals surface area contributed by atoms with Gasteiger partial charge in [0.15, 0.2) is 5.60 Å². The molecule has 2 amide bonds. The van der Waals surface area contributed by atoms with Crippen molar-refractivity contribution in [1.29, 1.82) is 0 Å². The molecule has 1 aliphatic heterocycles. The van der Waals surface area contributed by atoms with E-state index in [0.717, 1.165) is 24.0 Å². The van der Waals surface area contributed by atoms with Crippen molar-refractivity contribution in [2.75, 3.05) is 20.2 Å². The average molecular weight is 471 g/mol. The van der Waals surface area contributed by atoms with E-state index in [4.69, 9.17) is 14.2 Å². The van der Waals surface area contributed by atoms with Crippen LogP contribution in [0.3, 0.4) is 0 Å². The van der Waals surface area contributed by atoms with Gasteiger partial charge >= 0.3 is 18.2 Å². The Morgan fingerprint density at radius 3 is 2.68 bits per heavy atom. The molecule has 2 aliphatic rings. The minimum absolute atomic E-state index is 0.125. The van der Waals surface area contributed by atoms with Crippen LogP contribution in [0.1, 0.15) is 57.6 Å². The zero-order valence-electron chi connectivity index (χ0n) is 20.6. The summed E-state index contributed by atoms with van der Waals surface area (Å²) in [4.78, 5) is 38.8. The first-order valence-electron chi connectivity index (χ1n) is 11.7. The maximum absolute atomic E-state index is 12.8. The molecule has 2 fully saturated rings. The molecule has 0 unspecified atom stereocenters. The van der Waals surface area contributed by atoms with Gasteiger partial charge < -0.3 is 24.4 Å². The summed E-state index contributed by atoms with van der Waals surface area (Å²) in [5.41, 5.74) is 0.167. The number of carbonyl (C=O) groups is 3. The van der Waals surface area contributed by atoms with Crippen LogP contribution in [-0.4, -0.2) is 60.5 Å². The molecule has 3 atom stereocenters. The maximum atomic E-state index is 12.8. The largest absolute Gasteiger partial charge is 0.453 e. The Morgan fingerprint density at radius 2 is 2.00 bits per heavy atom. The summed E-state index contributed by atoms with van der Waals surface area (Å²) in [5.74, 6) is 5.72. The van der Waals surface area contributed by atoms with Gasteiger partial charge in [0.1, 0.15) is 12.1 Å². The topological polar surface area (TPSA) is 94.2 Å². The molecule has 1 aliphatic carbocycles. The standard InChI is InChI=1S/C26H34N2O6/c1-18-8-6-9-19(16-18)11-14-26(33-22(29)17-27-23(30)34-25(2,3)4)13-7-10-21-20(26)12-15-28(21)24(31)32-5/h6,8-9,16,20-21H,7,10,12-13,15,17H2,1-5H3,(H,27,30)/t20-,21-,26-/m1/s1. The minimum Gasteiger partial charge on any atom is -0.453 e. The van der Waals surface area contributed by atoms with Crippen molar-refractivity contribution in [1.82, 2.24) is 10.2 Å². The van der Waals surface area contributed by atoms with Crippen molar-refractivity contribution in [2.45, 2.75) is 70.6 Å². The van der Waals surface area contributed by atoms with E-state index in [1.807, 2.05) is 31.2 Å². The van der Waals surface area contributed by atoms with Crippen molar-refractivity contribution in [3.8, 4) is 11.8 Å². The number of nitrogens with zero attached hydrogens (tertiary/aromatic N) is 1. The van der Waals surface area contributed by atoms with Crippen molar-refractivity contribution in [2.24, 2.45) is 5.92 Å². The Kier molecular flexibility index (Phi) is 7.75. The van der Waals surface area contributed by atoms with Crippen molar-refractivity contribution < 1.29 is 28.6 Å². The molecule has 1 heterocycles. The van der Waals surface area contributed by atoms with Gasteiger partial charge in [0.2, 0.25) is 0 Å². The van der Waals surface area contributed by atoms with Crippen LogP contribution >= 0.6 is 0 Å². The molecule has 1 saturated carbocycles. The molecular formula is C26H34N2O6. The summed E-state index contributed by atoms with van der Waals surface area (Å²) in [6.07, 6.45) is 1.66. The highest BCUT2D eigenvalue weighted by atomic mass is 16.6. The van der Waals surface area contributed by atoms with Gasteiger partial charge in [0, 0.05) is 24.1 Å². The van der Waals surface area contributed by atoms with E-state index in [2.05, 4.69) is 17.2 Å². The van der Waals surface area contributed by atoms with Crippen LogP contribution in [0.15, 0.2) is 24.3 Å². The second kappa shape index (κ2) is 10.4. The summed E-state index contributed by atoms with van der Waals surface area (Å²) in [7, 11) is 1.37. The summed E-state index contributed by atoms with van der Waals surface area (Å²) in [6.45, 7) is 7.41. The van der Waals surface area contributed by atoms with E-state index in [9.17, 15) is 14.4 Å². The number of nitrogens with one attached hydrogen (secondary N) is 1. The number of hydrogen-bond donors (Lipinski definition) is 1. The Hall–Kier alpha value is -3.21. The fourth-order valence-electron chi connectivity index (χ4n) is 4.76. The molecule has 8 nitrogen and oxygen atoms in total. The molecule has 1 saturated heterocycles. The van der Waals surface area contributed by atoms with E-state index in [-0.39, 0.29) is 24.6 Å². The number of benzene rings is 1. The lowest BCUT2D eigenvalue weighted by molar-refractivity contribution is -0.161. The number of rotatable bonds is 3. The number of methoxy groups -OCH3 is 1. The van der Waals surface area contributed by atoms with Crippen LogP contribution in [0.25, 0.3) is 0 Å². The number of fused-ring (bicyclic) bond motifs is 1. The van der Waals surface area contributed by atoms with Gasteiger partial charge in [-0.05, 0) is 77.0 Å². The summed E-state index contributed by atoms with van der Waals surface area (Å²) >= 11 is 0. The van der Waals surface area contributed by atoms with E-state index in [1.165, 1.54) is 7.11 Å². The predicted octanol–water partition coefficient (Wildman–Crippen LogP) is 3.79. The minimum atomic E-state index is -1.07. The summed E-state index contributed by atoms with van der Waals surface area (Å²) < 4.78 is 16.2. The van der Waals surface area contributed by atoms with Crippen LogP contribution in [-0.2, 0) is 19.0 Å². The van der Waals surface area contributed by atoms with Crippen molar-refractivity contribution >= 4 is 18.2 Å². The van der Waals surface area contributed by atoms with Crippen LogP contribution < -0.4 is 5.32 Å². The first-order chi connectivity index (χ1) is 16.0. The van der Waals surface area contributed by atoms with Gasteiger partial charge in [-0.2, -0.15) is 0 Å². The third-order valence-electron chi connectivity index (χ3n) is 6.11. The Balaban J connectivity index is 1.84. The average Bonchev–Trinajstić information content (AvgIpc) is 3.20. The molecule has 0 aromatic heterocycles. The van der Waals surface area contributed by atoms with Crippen LogP contribution in [0.2, 0.25) is 0 Å². The van der Waals surface area contributed by atoms with Gasteiger partial charge in [0.05, 0.1) is 7.11 Å². The van der Waals surface area contributed by atoms with Crippen LogP contribution in [0, 0.1) is 24.7 Å². The molecule has 184 valence electrons. The quantitative estimate of drug-likeness (QED) is 0.410. The van der Waals surface area contributed by atoms with Gasteiger partial charge in [-0.15, -0.1) is 0 Å². The molecule has 34 heavy (non-hydrogen) atoms. The van der Waals surface area contributed by atoms with Gasteiger partial charge in [0.25, 0.3) is 0 Å². The first-order valence-corrected chi connectivity index (χ1v) is 11.7. The molecule has 0 bridgehead atoms. The van der Waals surface area contributed by atoms with Gasteiger partial charge in [-0.25, -0.2) is 9.59 Å². The fraction of sp³-hybridized carbons (Fsp3) is 0.577. The molecule has 1 N–H and O–H groups in total. The molecule has 0 radical (unpaired) electrons. The van der Waals surface area contributed by atoms with Gasteiger partial charge in [-0.1, -0.05) is 18.1 Å². The highest BCUT2D eigenvalue weighted by molar-refractivity contribution is 5.78. The lowest BCUT2D eigenvalue weighted by Gasteiger charge is -2.42. The number of esters is 1. The monoisotopic (exact) mass is 470 g/mol. The zero-order valence-corrected chi connectivity index (χ0v) is 20.6. The summed E-state index contributed by atoms with van der Waals surface area (Å²) in [5, 5.41) is 2.45. The molecule has 1 aromatic rings. The summed E-state index contributed by atoms with van der Waals surface area (Å²) in [6, 6.07) is 7.68. The smallest absolute Gasteiger partial charge is 0.409 e. The highest BCUT2D eigenvalue weighted by Gasteiger charge is 2.53. The van der Waals surface area contributed by atoms with E-state index in [0.29, 0.717) is 19.4 Å². The number of ether oxygens (including phenoxy) is 3. The number of hydrogen-bond acceptors (Lipinski definition) is 6. The third kappa shape index (κ3) is 6.22. The number of aryl methyl sites for hydroxylation is 1. The molecule has 3 rings (SSSR count). The zero-order chi connectivity index (χ0) is 24.9. The molecular weight excluding hydrogens is 436 g/mol. The van der Waals surface area contributed by atoms with Crippen LogP contribution in [0.4, 0.5) is 9.59 Å². The second-order valence-electron chi connectivity index (χ2n) is 9.86. The van der Waals surface area contributed by atoms with Crippen molar-refractivity contribution in [3.05, 3.63) is 35.4 Å². The molecule has 1 aromatic carbocycles. The lowest BCUT2D eigenvalue weighted by atomic mass is 9.72. The van der Waals surface area contributed by atoms with Gasteiger partial charge in [-0.3, -0.25) is 4.79 Å². The van der Waals surface area contributed by atoms with Crippen LogP contribution in [0.5, 0.6) is 0 Å². The van der Waals surface area contributed by atoms with Crippen molar-refractivity contribution in [3.63, 3.8) is 0 Å². The normalized spacial score (nSPS) is 23.7. The SMILES string of the molecule is COC(=O)N1CC[C@@H]2[C@H]1CCC[C@]2(C#Cc1cccc(C)c1)OC(=O)CNC(=O)OC(C)(C)C. The number of amides is 2. The Labute approximate surface area is 201 Å². The van der Waals surface area contributed by atoms with E-state index in [1.54, 1.807) is 25.7 Å². The number of carbonyl (C=O) groups excluding carboxylic acids is 3. The predicted molar refractivity (Wildman–Crippen MR) is 126 cm³/mol. The van der Waals surface area contributed by atoms with E-state index < -0.39 is 23.3 Å². The number of likely N-dealkylation sites (tertiary alicyclic amines) is 1. The molecule has 0 spiro atoms. The Morgan fingerprint density at radius 1 is 1.24 bits per heavy atom. The third-order valence-corrected chi connectivity index (χ3v) is 6.11. The molecule has 8 heteroatoms. The Bertz CT molecular complexity index is 989. The number of alkyl carbamates (subject to hydrolysis) is 1. The second-order valence-corrected chi connectivity index (χ2v) is 9.86.